The van der Waals surface area contributed by atoms with Crippen molar-refractivity contribution in [2.45, 2.75) is 33.0 Å². The summed E-state index contributed by atoms with van der Waals surface area (Å²) in [6, 6.07) is 5.05. The van der Waals surface area contributed by atoms with Gasteiger partial charge in [-0.05, 0) is 39.0 Å². The number of halogens is 2. The Morgan fingerprint density at radius 2 is 2.05 bits per heavy atom. The van der Waals surface area contributed by atoms with Gasteiger partial charge in [0.05, 0.1) is 15.7 Å². The van der Waals surface area contributed by atoms with Gasteiger partial charge in [0.15, 0.2) is 11.4 Å². The van der Waals surface area contributed by atoms with Gasteiger partial charge in [0.1, 0.15) is 6.61 Å². The molecule has 1 aromatic carbocycles. The third kappa shape index (κ3) is 3.61. The quantitative estimate of drug-likeness (QED) is 0.874. The average Bonchev–Trinajstić information content (AvgIpc) is 2.81. The predicted octanol–water partition coefficient (Wildman–Crippen LogP) is 4.34. The lowest BCUT2D eigenvalue weighted by atomic mass is 10.1. The Balaban J connectivity index is 2.21. The van der Waals surface area contributed by atoms with Crippen LogP contribution >= 0.6 is 23.2 Å². The molecule has 22 heavy (non-hydrogen) atoms. The second-order valence-electron chi connectivity index (χ2n) is 5.26. The Morgan fingerprint density at radius 1 is 1.36 bits per heavy atom. The maximum atomic E-state index is 11.0. The minimum absolute atomic E-state index is 0.0133. The van der Waals surface area contributed by atoms with Crippen LogP contribution < -0.4 is 0 Å². The van der Waals surface area contributed by atoms with E-state index < -0.39 is 11.6 Å². The lowest BCUT2D eigenvalue weighted by molar-refractivity contribution is -0.163. The fraction of sp³-hybridized carbons (Fsp3) is 0.333. The zero-order chi connectivity index (χ0) is 16.5. The van der Waals surface area contributed by atoms with Crippen molar-refractivity contribution >= 4 is 29.2 Å². The van der Waals surface area contributed by atoms with Gasteiger partial charge in [-0.3, -0.25) is 0 Å². The monoisotopic (exact) mass is 343 g/mol. The Labute approximate surface area is 137 Å². The SMILES string of the molecule is Cc1nc(-c2ccc(Cl)c(Cl)c2)oc1COC(C)(C)C(=O)O. The van der Waals surface area contributed by atoms with Gasteiger partial charge in [-0.15, -0.1) is 0 Å². The molecule has 0 spiro atoms. The van der Waals surface area contributed by atoms with Crippen molar-refractivity contribution in [3.8, 4) is 11.5 Å². The first kappa shape index (κ1) is 16.8. The molecule has 0 aliphatic heterocycles. The molecule has 1 aromatic heterocycles. The van der Waals surface area contributed by atoms with Crippen molar-refractivity contribution in [3.63, 3.8) is 0 Å². The minimum atomic E-state index is -1.30. The molecular formula is C15H15Cl2NO4. The van der Waals surface area contributed by atoms with Gasteiger partial charge in [0.2, 0.25) is 5.89 Å². The van der Waals surface area contributed by atoms with E-state index in [1.54, 1.807) is 25.1 Å². The standard InChI is InChI=1S/C15H15Cl2NO4/c1-8-12(7-21-15(2,3)14(19)20)22-13(18-8)9-4-5-10(16)11(17)6-9/h4-6H,7H2,1-3H3,(H,19,20). The molecule has 0 unspecified atom stereocenters. The maximum Gasteiger partial charge on any atom is 0.335 e. The number of hydrogen-bond donors (Lipinski definition) is 1. The predicted molar refractivity (Wildman–Crippen MR) is 83.2 cm³/mol. The molecule has 2 rings (SSSR count). The number of rotatable bonds is 5. The maximum absolute atomic E-state index is 11.0. The van der Waals surface area contributed by atoms with E-state index in [9.17, 15) is 4.79 Å². The molecule has 2 aromatic rings. The molecule has 0 aliphatic carbocycles. The van der Waals surface area contributed by atoms with Crippen LogP contribution in [-0.2, 0) is 16.1 Å². The van der Waals surface area contributed by atoms with Crippen LogP contribution in [0.3, 0.4) is 0 Å². The molecule has 7 heteroatoms. The van der Waals surface area contributed by atoms with E-state index in [0.717, 1.165) is 0 Å². The van der Waals surface area contributed by atoms with Crippen molar-refractivity contribution in [1.82, 2.24) is 4.98 Å². The highest BCUT2D eigenvalue weighted by molar-refractivity contribution is 6.42. The number of aromatic nitrogens is 1. The van der Waals surface area contributed by atoms with Crippen LogP contribution in [0.2, 0.25) is 10.0 Å². The number of carbonyl (C=O) groups is 1. The van der Waals surface area contributed by atoms with Crippen molar-refractivity contribution < 1.29 is 19.1 Å². The first-order valence-electron chi connectivity index (χ1n) is 6.50. The van der Waals surface area contributed by atoms with Crippen molar-refractivity contribution in [1.29, 1.82) is 0 Å². The van der Waals surface area contributed by atoms with Gasteiger partial charge in [-0.2, -0.15) is 0 Å². The highest BCUT2D eigenvalue weighted by atomic mass is 35.5. The molecule has 1 heterocycles. The van der Waals surface area contributed by atoms with Crippen molar-refractivity contribution in [2.75, 3.05) is 0 Å². The van der Waals surface area contributed by atoms with Crippen LogP contribution in [0.1, 0.15) is 25.3 Å². The molecule has 0 fully saturated rings. The highest BCUT2D eigenvalue weighted by Gasteiger charge is 2.29. The summed E-state index contributed by atoms with van der Waals surface area (Å²) in [5.41, 5.74) is 0.00620. The fourth-order valence-corrected chi connectivity index (χ4v) is 1.92. The first-order valence-corrected chi connectivity index (χ1v) is 7.25. The molecule has 0 amide bonds. The van der Waals surface area contributed by atoms with Gasteiger partial charge in [0.25, 0.3) is 0 Å². The third-order valence-electron chi connectivity index (χ3n) is 3.14. The smallest absolute Gasteiger partial charge is 0.335 e. The van der Waals surface area contributed by atoms with Crippen LogP contribution in [0, 0.1) is 6.92 Å². The zero-order valence-corrected chi connectivity index (χ0v) is 13.8. The minimum Gasteiger partial charge on any atom is -0.479 e. The van der Waals surface area contributed by atoms with Gasteiger partial charge in [-0.25, -0.2) is 9.78 Å². The van der Waals surface area contributed by atoms with Gasteiger partial charge >= 0.3 is 5.97 Å². The largest absolute Gasteiger partial charge is 0.479 e. The van der Waals surface area contributed by atoms with E-state index in [-0.39, 0.29) is 6.61 Å². The Bertz CT molecular complexity index is 710. The summed E-state index contributed by atoms with van der Waals surface area (Å²) >= 11 is 11.9. The number of carboxylic acid groups (broad SMARTS) is 1. The molecule has 0 aliphatic rings. The van der Waals surface area contributed by atoms with E-state index in [0.29, 0.717) is 33.0 Å². The molecule has 0 saturated carbocycles. The van der Waals surface area contributed by atoms with Crippen molar-refractivity contribution in [3.05, 3.63) is 39.7 Å². The topological polar surface area (TPSA) is 72.6 Å². The lowest BCUT2D eigenvalue weighted by Gasteiger charge is -2.19. The van der Waals surface area contributed by atoms with Gasteiger partial charge < -0.3 is 14.3 Å². The second-order valence-corrected chi connectivity index (χ2v) is 6.08. The Morgan fingerprint density at radius 3 is 2.64 bits per heavy atom. The molecular weight excluding hydrogens is 329 g/mol. The van der Waals surface area contributed by atoms with Crippen LogP contribution in [0.5, 0.6) is 0 Å². The van der Waals surface area contributed by atoms with E-state index in [4.69, 9.17) is 37.5 Å². The lowest BCUT2D eigenvalue weighted by Crippen LogP contribution is -2.34. The van der Waals surface area contributed by atoms with E-state index in [1.807, 2.05) is 0 Å². The van der Waals surface area contributed by atoms with Gasteiger partial charge in [0, 0.05) is 5.56 Å². The Kier molecular flexibility index (Phi) is 4.80. The number of oxazole rings is 1. The summed E-state index contributed by atoms with van der Waals surface area (Å²) < 4.78 is 11.0. The average molecular weight is 344 g/mol. The normalized spacial score (nSPS) is 11.7. The van der Waals surface area contributed by atoms with Gasteiger partial charge in [-0.1, -0.05) is 23.2 Å². The van der Waals surface area contributed by atoms with Crippen LogP contribution in [0.4, 0.5) is 0 Å². The molecule has 5 nitrogen and oxygen atoms in total. The summed E-state index contributed by atoms with van der Waals surface area (Å²) in [6.07, 6.45) is 0. The van der Waals surface area contributed by atoms with E-state index in [1.165, 1.54) is 13.8 Å². The summed E-state index contributed by atoms with van der Waals surface area (Å²) in [5, 5.41) is 9.88. The Hall–Kier alpha value is -1.56. The first-order chi connectivity index (χ1) is 10.2. The molecule has 118 valence electrons. The second kappa shape index (κ2) is 6.28. The van der Waals surface area contributed by atoms with E-state index in [2.05, 4.69) is 4.98 Å². The highest BCUT2D eigenvalue weighted by Crippen LogP contribution is 2.29. The summed E-state index contributed by atoms with van der Waals surface area (Å²) in [6.45, 7) is 4.72. The molecule has 0 bridgehead atoms. The fourth-order valence-electron chi connectivity index (χ4n) is 1.62. The zero-order valence-electron chi connectivity index (χ0n) is 12.3. The molecule has 0 radical (unpaired) electrons. The van der Waals surface area contributed by atoms with E-state index >= 15 is 0 Å². The number of ether oxygens (including phenoxy) is 1. The number of carboxylic acids is 1. The van der Waals surface area contributed by atoms with Crippen LogP contribution in [-0.4, -0.2) is 21.7 Å². The number of nitrogens with zero attached hydrogens (tertiary/aromatic N) is 1. The molecule has 0 saturated heterocycles. The number of aliphatic carboxylic acids is 1. The third-order valence-corrected chi connectivity index (χ3v) is 3.88. The summed E-state index contributed by atoms with van der Waals surface area (Å²) in [7, 11) is 0. The number of aryl methyl sites for hydroxylation is 1. The summed E-state index contributed by atoms with van der Waals surface area (Å²) in [5.74, 6) is -0.201. The number of benzene rings is 1. The molecule has 1 N–H and O–H groups in total. The van der Waals surface area contributed by atoms with Crippen molar-refractivity contribution in [2.24, 2.45) is 0 Å². The summed E-state index contributed by atoms with van der Waals surface area (Å²) in [4.78, 5) is 15.3. The van der Waals surface area contributed by atoms with Crippen LogP contribution in [0.25, 0.3) is 11.5 Å². The molecule has 0 atom stereocenters. The number of hydrogen-bond acceptors (Lipinski definition) is 4. The van der Waals surface area contributed by atoms with Crippen LogP contribution in [0.15, 0.2) is 22.6 Å².